The summed E-state index contributed by atoms with van der Waals surface area (Å²) in [6, 6.07) is 1.84. The Hall–Kier alpha value is -0.870. The predicted octanol–water partition coefficient (Wildman–Crippen LogP) is 1.85. The van der Waals surface area contributed by atoms with Crippen molar-refractivity contribution in [1.82, 2.24) is 9.97 Å². The lowest BCUT2D eigenvalue weighted by molar-refractivity contribution is 0.116. The van der Waals surface area contributed by atoms with Gasteiger partial charge < -0.3 is 10.4 Å². The summed E-state index contributed by atoms with van der Waals surface area (Å²) in [5.74, 6) is 0.681. The second kappa shape index (κ2) is 4.77. The molecule has 1 fully saturated rings. The van der Waals surface area contributed by atoms with Crippen LogP contribution in [0.1, 0.15) is 25.7 Å². The Bertz CT molecular complexity index is 334. The normalized spacial score (nSPS) is 26.3. The van der Waals surface area contributed by atoms with Crippen LogP contribution < -0.4 is 5.32 Å². The lowest BCUT2D eigenvalue weighted by atomic mass is 9.93. The van der Waals surface area contributed by atoms with Gasteiger partial charge in [-0.05, 0) is 30.5 Å². The molecule has 2 N–H and O–H groups in total. The topological polar surface area (TPSA) is 58.0 Å². The number of nitrogens with zero attached hydrogens (tertiary/aromatic N) is 2. The van der Waals surface area contributed by atoms with E-state index in [-0.39, 0.29) is 17.4 Å². The number of hydrogen-bond acceptors (Lipinski definition) is 4. The number of anilines is 1. The van der Waals surface area contributed by atoms with Crippen LogP contribution in [0.15, 0.2) is 12.3 Å². The molecular formula is C10H14ClN3O. The summed E-state index contributed by atoms with van der Waals surface area (Å²) >= 11 is 5.67. The summed E-state index contributed by atoms with van der Waals surface area (Å²) in [6.07, 6.45) is 5.40. The molecule has 0 aliphatic heterocycles. The number of rotatable bonds is 2. The molecule has 1 heterocycles. The molecule has 1 aromatic rings. The van der Waals surface area contributed by atoms with Crippen molar-refractivity contribution >= 4 is 17.4 Å². The van der Waals surface area contributed by atoms with Gasteiger partial charge in [0.2, 0.25) is 5.28 Å². The van der Waals surface area contributed by atoms with Crippen LogP contribution in [0.25, 0.3) is 0 Å². The predicted molar refractivity (Wildman–Crippen MR) is 58.9 cm³/mol. The van der Waals surface area contributed by atoms with E-state index in [4.69, 9.17) is 11.6 Å². The van der Waals surface area contributed by atoms with E-state index in [9.17, 15) is 5.11 Å². The Morgan fingerprint density at radius 1 is 1.40 bits per heavy atom. The van der Waals surface area contributed by atoms with Gasteiger partial charge in [-0.3, -0.25) is 0 Å². The Morgan fingerprint density at radius 3 is 2.93 bits per heavy atom. The Balaban J connectivity index is 2.01. The van der Waals surface area contributed by atoms with Crippen molar-refractivity contribution < 1.29 is 5.11 Å². The molecule has 2 unspecified atom stereocenters. The van der Waals surface area contributed by atoms with Crippen molar-refractivity contribution in [3.63, 3.8) is 0 Å². The lowest BCUT2D eigenvalue weighted by Crippen LogP contribution is -2.36. The highest BCUT2D eigenvalue weighted by molar-refractivity contribution is 6.28. The van der Waals surface area contributed by atoms with Crippen LogP contribution in [-0.2, 0) is 0 Å². The van der Waals surface area contributed by atoms with Crippen LogP contribution in [0.3, 0.4) is 0 Å². The number of aliphatic hydroxyl groups is 1. The van der Waals surface area contributed by atoms with E-state index in [1.807, 2.05) is 0 Å². The van der Waals surface area contributed by atoms with E-state index in [0.717, 1.165) is 25.7 Å². The second-order valence-corrected chi connectivity index (χ2v) is 4.15. The van der Waals surface area contributed by atoms with Crippen molar-refractivity contribution in [2.45, 2.75) is 37.8 Å². The SMILES string of the molecule is OC1CCCCC1Nc1ccnc(Cl)n1. The van der Waals surface area contributed by atoms with Crippen LogP contribution in [-0.4, -0.2) is 27.2 Å². The summed E-state index contributed by atoms with van der Waals surface area (Å²) in [5.41, 5.74) is 0. The maximum absolute atomic E-state index is 9.76. The van der Waals surface area contributed by atoms with Gasteiger partial charge in [-0.15, -0.1) is 0 Å². The van der Waals surface area contributed by atoms with Crippen LogP contribution >= 0.6 is 11.6 Å². The molecule has 0 aromatic carbocycles. The number of halogens is 1. The van der Waals surface area contributed by atoms with Gasteiger partial charge in [0.05, 0.1) is 12.1 Å². The molecule has 1 saturated carbocycles. The molecule has 5 heteroatoms. The van der Waals surface area contributed by atoms with E-state index < -0.39 is 0 Å². The first-order valence-electron chi connectivity index (χ1n) is 5.19. The highest BCUT2D eigenvalue weighted by Crippen LogP contribution is 2.21. The highest BCUT2D eigenvalue weighted by Gasteiger charge is 2.22. The Kier molecular flexibility index (Phi) is 3.38. The smallest absolute Gasteiger partial charge is 0.224 e. The van der Waals surface area contributed by atoms with Gasteiger partial charge >= 0.3 is 0 Å². The Labute approximate surface area is 93.7 Å². The highest BCUT2D eigenvalue weighted by atomic mass is 35.5. The zero-order valence-corrected chi connectivity index (χ0v) is 9.11. The maximum Gasteiger partial charge on any atom is 0.224 e. The molecule has 0 amide bonds. The summed E-state index contributed by atoms with van der Waals surface area (Å²) < 4.78 is 0. The van der Waals surface area contributed by atoms with Crippen molar-refractivity contribution in [2.24, 2.45) is 0 Å². The van der Waals surface area contributed by atoms with Crippen molar-refractivity contribution in [2.75, 3.05) is 5.32 Å². The molecule has 15 heavy (non-hydrogen) atoms. The third-order valence-corrected chi connectivity index (χ3v) is 2.87. The van der Waals surface area contributed by atoms with E-state index >= 15 is 0 Å². The third-order valence-electron chi connectivity index (χ3n) is 2.69. The summed E-state index contributed by atoms with van der Waals surface area (Å²) in [6.45, 7) is 0. The first kappa shape index (κ1) is 10.6. The minimum Gasteiger partial charge on any atom is -0.391 e. The van der Waals surface area contributed by atoms with Crippen molar-refractivity contribution in [3.8, 4) is 0 Å². The molecular weight excluding hydrogens is 214 g/mol. The van der Waals surface area contributed by atoms with Crippen LogP contribution in [0, 0.1) is 0 Å². The summed E-state index contributed by atoms with van der Waals surface area (Å²) in [5, 5.41) is 13.2. The van der Waals surface area contributed by atoms with E-state index in [2.05, 4.69) is 15.3 Å². The van der Waals surface area contributed by atoms with Crippen molar-refractivity contribution in [3.05, 3.63) is 17.5 Å². The first-order valence-corrected chi connectivity index (χ1v) is 5.56. The number of hydrogen-bond donors (Lipinski definition) is 2. The standard InChI is InChI=1S/C10H14ClN3O/c11-10-12-6-5-9(14-10)13-7-3-1-2-4-8(7)15/h5-8,15H,1-4H2,(H,12,13,14). The van der Waals surface area contributed by atoms with Gasteiger partial charge in [0.1, 0.15) is 5.82 Å². The average Bonchev–Trinajstić information content (AvgIpc) is 2.22. The zero-order chi connectivity index (χ0) is 10.7. The molecule has 1 aliphatic rings. The molecule has 4 nitrogen and oxygen atoms in total. The van der Waals surface area contributed by atoms with Gasteiger partial charge in [0, 0.05) is 6.20 Å². The fourth-order valence-corrected chi connectivity index (χ4v) is 2.03. The average molecular weight is 228 g/mol. The molecule has 82 valence electrons. The van der Waals surface area contributed by atoms with E-state index in [0.29, 0.717) is 5.82 Å². The van der Waals surface area contributed by atoms with Crippen LogP contribution in [0.2, 0.25) is 5.28 Å². The van der Waals surface area contributed by atoms with Crippen molar-refractivity contribution in [1.29, 1.82) is 0 Å². The largest absolute Gasteiger partial charge is 0.391 e. The minimum absolute atomic E-state index is 0.0877. The molecule has 0 radical (unpaired) electrons. The lowest BCUT2D eigenvalue weighted by Gasteiger charge is -2.28. The molecule has 0 bridgehead atoms. The maximum atomic E-state index is 9.76. The van der Waals surface area contributed by atoms with E-state index in [1.165, 1.54) is 0 Å². The van der Waals surface area contributed by atoms with Crippen LogP contribution in [0.5, 0.6) is 0 Å². The Morgan fingerprint density at radius 2 is 2.20 bits per heavy atom. The van der Waals surface area contributed by atoms with E-state index in [1.54, 1.807) is 12.3 Å². The first-order chi connectivity index (χ1) is 7.25. The summed E-state index contributed by atoms with van der Waals surface area (Å²) in [7, 11) is 0. The minimum atomic E-state index is -0.285. The molecule has 2 atom stereocenters. The van der Waals surface area contributed by atoms with Gasteiger partial charge in [-0.25, -0.2) is 9.97 Å². The fourth-order valence-electron chi connectivity index (χ4n) is 1.88. The number of aromatic nitrogens is 2. The second-order valence-electron chi connectivity index (χ2n) is 3.81. The molecule has 2 rings (SSSR count). The zero-order valence-electron chi connectivity index (χ0n) is 8.36. The van der Waals surface area contributed by atoms with Gasteiger partial charge in [-0.1, -0.05) is 12.8 Å². The molecule has 1 aliphatic carbocycles. The molecule has 0 spiro atoms. The quantitative estimate of drug-likeness (QED) is 0.757. The summed E-state index contributed by atoms with van der Waals surface area (Å²) in [4.78, 5) is 7.84. The fraction of sp³-hybridized carbons (Fsp3) is 0.600. The third kappa shape index (κ3) is 2.79. The molecule has 0 saturated heterocycles. The number of nitrogens with one attached hydrogen (secondary N) is 1. The number of aliphatic hydroxyl groups excluding tert-OH is 1. The monoisotopic (exact) mass is 227 g/mol. The van der Waals surface area contributed by atoms with Gasteiger partial charge in [-0.2, -0.15) is 0 Å². The van der Waals surface area contributed by atoms with Gasteiger partial charge in [0.15, 0.2) is 0 Å². The molecule has 1 aromatic heterocycles. The van der Waals surface area contributed by atoms with Gasteiger partial charge in [0.25, 0.3) is 0 Å². The van der Waals surface area contributed by atoms with Crippen LogP contribution in [0.4, 0.5) is 5.82 Å².